The Balaban J connectivity index is 2.85. The van der Waals surface area contributed by atoms with Crippen molar-refractivity contribution < 1.29 is 5.11 Å². The van der Waals surface area contributed by atoms with Crippen molar-refractivity contribution in [3.8, 4) is 0 Å². The van der Waals surface area contributed by atoms with E-state index in [4.69, 9.17) is 10.9 Å². The van der Waals surface area contributed by atoms with E-state index < -0.39 is 0 Å². The van der Waals surface area contributed by atoms with E-state index in [2.05, 4.69) is 15.0 Å². The summed E-state index contributed by atoms with van der Waals surface area (Å²) < 4.78 is 3.55. The van der Waals surface area contributed by atoms with Gasteiger partial charge in [0.2, 0.25) is 0 Å². The molecule has 1 heterocycles. The number of hydrogen-bond donors (Lipinski definition) is 3. The number of nitrogens with one attached hydrogen (secondary N) is 1. The van der Waals surface area contributed by atoms with Gasteiger partial charge in [0.25, 0.3) is 0 Å². The number of aliphatic hydroxyl groups excluding tert-OH is 1. The third-order valence-corrected chi connectivity index (χ3v) is 1.54. The molecule has 0 amide bonds. The molecule has 1 aromatic heterocycles. The highest BCUT2D eigenvalue weighted by Crippen LogP contribution is 2.14. The van der Waals surface area contributed by atoms with Crippen LogP contribution in [0.2, 0.25) is 0 Å². The molecule has 1 aromatic rings. The zero-order valence-corrected chi connectivity index (χ0v) is 5.35. The maximum absolute atomic E-state index is 8.55. The smallest absolute Gasteiger partial charge is 0.149 e. The van der Waals surface area contributed by atoms with Gasteiger partial charge in [0.1, 0.15) is 10.7 Å². The van der Waals surface area contributed by atoms with Crippen LogP contribution in [-0.4, -0.2) is 14.7 Å². The third-order valence-electron chi connectivity index (χ3n) is 0.837. The molecule has 0 fully saturated rings. The first-order chi connectivity index (χ1) is 4.38. The summed E-state index contributed by atoms with van der Waals surface area (Å²) in [5, 5.41) is 12.7. The summed E-state index contributed by atoms with van der Waals surface area (Å²) in [6.07, 6.45) is 0. The first-order valence-electron chi connectivity index (χ1n) is 2.27. The van der Waals surface area contributed by atoms with Gasteiger partial charge in [-0.1, -0.05) is 4.49 Å². The van der Waals surface area contributed by atoms with Crippen molar-refractivity contribution >= 4 is 16.5 Å². The van der Waals surface area contributed by atoms with Gasteiger partial charge in [-0.15, -0.1) is 5.10 Å². The number of nitrogens with zero attached hydrogens (tertiary/aromatic N) is 2. The number of aliphatic hydroxyl groups is 1. The van der Waals surface area contributed by atoms with Gasteiger partial charge in [-0.2, -0.15) is 0 Å². The van der Waals surface area contributed by atoms with Crippen LogP contribution < -0.4 is 11.3 Å². The van der Waals surface area contributed by atoms with Crippen LogP contribution >= 0.6 is 11.5 Å². The molecular weight excluding hydrogens is 140 g/mol. The summed E-state index contributed by atoms with van der Waals surface area (Å²) in [7, 11) is 0. The number of rotatable bonds is 2. The molecule has 4 N–H and O–H groups in total. The number of hydrazine groups is 1. The van der Waals surface area contributed by atoms with E-state index in [1.807, 2.05) is 0 Å². The molecule has 50 valence electrons. The van der Waals surface area contributed by atoms with Crippen molar-refractivity contribution in [3.05, 3.63) is 5.69 Å². The molecule has 0 radical (unpaired) electrons. The highest BCUT2D eigenvalue weighted by molar-refractivity contribution is 7.10. The molecule has 0 atom stereocenters. The van der Waals surface area contributed by atoms with E-state index in [1.165, 1.54) is 0 Å². The maximum atomic E-state index is 8.55. The van der Waals surface area contributed by atoms with Crippen LogP contribution in [-0.2, 0) is 6.61 Å². The molecule has 0 bridgehead atoms. The topological polar surface area (TPSA) is 84.1 Å². The molecule has 1 rings (SSSR count). The van der Waals surface area contributed by atoms with Crippen molar-refractivity contribution in [3.63, 3.8) is 0 Å². The standard InChI is InChI=1S/C3H6N4OS/c4-5-3-2(1-8)6-7-9-3/h5,8H,1,4H2. The lowest BCUT2D eigenvalue weighted by Gasteiger charge is -1.91. The molecule has 6 heteroatoms. The lowest BCUT2D eigenvalue weighted by Crippen LogP contribution is -2.07. The predicted molar refractivity (Wildman–Crippen MR) is 33.6 cm³/mol. The van der Waals surface area contributed by atoms with Crippen LogP contribution in [0, 0.1) is 0 Å². The molecule has 5 nitrogen and oxygen atoms in total. The summed E-state index contributed by atoms with van der Waals surface area (Å²) in [4.78, 5) is 0. The Morgan fingerprint density at radius 3 is 3.00 bits per heavy atom. The van der Waals surface area contributed by atoms with Gasteiger partial charge in [-0.3, -0.25) is 0 Å². The molecule has 0 spiro atoms. The fourth-order valence-corrected chi connectivity index (χ4v) is 0.906. The van der Waals surface area contributed by atoms with Crippen molar-refractivity contribution in [2.45, 2.75) is 6.61 Å². The fourth-order valence-electron chi connectivity index (χ4n) is 0.422. The van der Waals surface area contributed by atoms with Gasteiger partial charge < -0.3 is 10.5 Å². The Kier molecular flexibility index (Phi) is 1.93. The van der Waals surface area contributed by atoms with Crippen molar-refractivity contribution in [1.82, 2.24) is 9.59 Å². The average molecular weight is 146 g/mol. The Morgan fingerprint density at radius 2 is 2.56 bits per heavy atom. The summed E-state index contributed by atoms with van der Waals surface area (Å²) in [6, 6.07) is 0. The Morgan fingerprint density at radius 1 is 1.78 bits per heavy atom. The minimum absolute atomic E-state index is 0.129. The number of aromatic nitrogens is 2. The Labute approximate surface area is 55.6 Å². The first-order valence-corrected chi connectivity index (χ1v) is 3.04. The Hall–Kier alpha value is -0.720. The van der Waals surface area contributed by atoms with Gasteiger partial charge in [0, 0.05) is 11.5 Å². The van der Waals surface area contributed by atoms with Crippen molar-refractivity contribution in [2.24, 2.45) is 5.84 Å². The van der Waals surface area contributed by atoms with E-state index in [0.29, 0.717) is 10.7 Å². The van der Waals surface area contributed by atoms with Crippen LogP contribution in [0.4, 0.5) is 5.00 Å². The van der Waals surface area contributed by atoms with E-state index in [9.17, 15) is 0 Å². The highest BCUT2D eigenvalue weighted by atomic mass is 32.1. The monoisotopic (exact) mass is 146 g/mol. The normalized spacial score (nSPS) is 9.56. The third kappa shape index (κ3) is 1.15. The highest BCUT2D eigenvalue weighted by Gasteiger charge is 2.02. The second-order valence-electron chi connectivity index (χ2n) is 1.35. The summed E-state index contributed by atoms with van der Waals surface area (Å²) in [5.41, 5.74) is 2.85. The Bertz CT molecular complexity index is 169. The number of hydrogen-bond acceptors (Lipinski definition) is 6. The summed E-state index contributed by atoms with van der Waals surface area (Å²) in [5.74, 6) is 5.04. The SMILES string of the molecule is NNc1snnc1CO. The molecule has 9 heavy (non-hydrogen) atoms. The maximum Gasteiger partial charge on any atom is 0.149 e. The van der Waals surface area contributed by atoms with Crippen LogP contribution in [0.5, 0.6) is 0 Å². The molecule has 0 aliphatic carbocycles. The lowest BCUT2D eigenvalue weighted by molar-refractivity contribution is 0.277. The minimum Gasteiger partial charge on any atom is -0.390 e. The predicted octanol–water partition coefficient (Wildman–Crippen LogP) is -0.684. The molecule has 0 saturated heterocycles. The van der Waals surface area contributed by atoms with E-state index >= 15 is 0 Å². The largest absolute Gasteiger partial charge is 0.390 e. The molecule has 0 aliphatic heterocycles. The summed E-state index contributed by atoms with van der Waals surface area (Å²) in [6.45, 7) is -0.129. The quantitative estimate of drug-likeness (QED) is 0.380. The second-order valence-corrected chi connectivity index (χ2v) is 2.11. The van der Waals surface area contributed by atoms with Crippen LogP contribution in [0.15, 0.2) is 0 Å². The van der Waals surface area contributed by atoms with E-state index in [1.54, 1.807) is 0 Å². The van der Waals surface area contributed by atoms with Crippen LogP contribution in [0.1, 0.15) is 5.69 Å². The lowest BCUT2D eigenvalue weighted by atomic mass is 10.5. The van der Waals surface area contributed by atoms with E-state index in [0.717, 1.165) is 11.5 Å². The van der Waals surface area contributed by atoms with Crippen LogP contribution in [0.25, 0.3) is 0 Å². The van der Waals surface area contributed by atoms with Gasteiger partial charge >= 0.3 is 0 Å². The fraction of sp³-hybridized carbons (Fsp3) is 0.333. The number of nitrogens with two attached hydrogens (primary N) is 1. The molecule has 0 unspecified atom stereocenters. The van der Waals surface area contributed by atoms with Gasteiger partial charge in [-0.25, -0.2) is 5.84 Å². The minimum atomic E-state index is -0.129. The van der Waals surface area contributed by atoms with Gasteiger partial charge in [-0.05, 0) is 0 Å². The molecule has 0 aliphatic rings. The second kappa shape index (κ2) is 2.72. The zero-order valence-electron chi connectivity index (χ0n) is 4.53. The number of anilines is 1. The molecule has 0 aromatic carbocycles. The van der Waals surface area contributed by atoms with Crippen molar-refractivity contribution in [1.29, 1.82) is 0 Å². The van der Waals surface area contributed by atoms with E-state index in [-0.39, 0.29) is 6.61 Å². The first kappa shape index (κ1) is 6.40. The van der Waals surface area contributed by atoms with Gasteiger partial charge in [0.05, 0.1) is 6.61 Å². The summed E-state index contributed by atoms with van der Waals surface area (Å²) >= 11 is 1.12. The number of nitrogen functional groups attached to an aromatic ring is 1. The van der Waals surface area contributed by atoms with Crippen molar-refractivity contribution in [2.75, 3.05) is 5.43 Å². The van der Waals surface area contributed by atoms with Gasteiger partial charge in [0.15, 0.2) is 0 Å². The molecule has 0 saturated carbocycles. The molecular formula is C3H6N4OS. The average Bonchev–Trinajstić information content (AvgIpc) is 2.33. The van der Waals surface area contributed by atoms with Crippen LogP contribution in [0.3, 0.4) is 0 Å². The zero-order chi connectivity index (χ0) is 6.69.